The third-order valence-corrected chi connectivity index (χ3v) is 5.57. The molecule has 2 fully saturated rings. The lowest BCUT2D eigenvalue weighted by atomic mass is 9.93. The molecule has 0 aliphatic carbocycles. The summed E-state index contributed by atoms with van der Waals surface area (Å²) in [5.74, 6) is 0.631. The van der Waals surface area contributed by atoms with Crippen LogP contribution in [-0.2, 0) is 4.74 Å². The maximum absolute atomic E-state index is 9.04. The second-order valence-electron chi connectivity index (χ2n) is 7.60. The number of aliphatic hydroxyl groups excluding tert-OH is 1. The minimum absolute atomic E-state index is 0.179. The van der Waals surface area contributed by atoms with Crippen molar-refractivity contribution in [2.45, 2.75) is 38.3 Å². The number of rotatable bonds is 7. The van der Waals surface area contributed by atoms with Gasteiger partial charge in [-0.15, -0.1) is 0 Å². The standard InChI is InChI=1S/C20H33N3O2/c1-16-14-23(15-19-4-3-13-25-19)10-9-20(16)21-17-5-7-18(8-6-17)22(2)11-12-24/h5-8,16,19-21,24H,3-4,9-15H2,1-2H3. The van der Waals surface area contributed by atoms with E-state index in [-0.39, 0.29) is 6.61 Å². The lowest BCUT2D eigenvalue weighted by molar-refractivity contribution is 0.0563. The molecule has 25 heavy (non-hydrogen) atoms. The molecule has 5 nitrogen and oxygen atoms in total. The molecule has 2 aliphatic rings. The van der Waals surface area contributed by atoms with Gasteiger partial charge in [0.05, 0.1) is 12.7 Å². The molecule has 0 saturated carbocycles. The van der Waals surface area contributed by atoms with Crippen molar-refractivity contribution < 1.29 is 9.84 Å². The van der Waals surface area contributed by atoms with Gasteiger partial charge < -0.3 is 25.0 Å². The highest BCUT2D eigenvalue weighted by Gasteiger charge is 2.28. The molecule has 0 amide bonds. The van der Waals surface area contributed by atoms with Gasteiger partial charge in [0.1, 0.15) is 0 Å². The van der Waals surface area contributed by atoms with E-state index < -0.39 is 0 Å². The fraction of sp³-hybridized carbons (Fsp3) is 0.700. The lowest BCUT2D eigenvalue weighted by Crippen LogP contribution is -2.47. The van der Waals surface area contributed by atoms with Crippen LogP contribution in [0.4, 0.5) is 11.4 Å². The Balaban J connectivity index is 1.48. The maximum atomic E-state index is 9.04. The molecule has 0 spiro atoms. The monoisotopic (exact) mass is 347 g/mol. The number of piperidine rings is 1. The van der Waals surface area contributed by atoms with E-state index in [1.54, 1.807) is 0 Å². The number of likely N-dealkylation sites (tertiary alicyclic amines) is 1. The first-order valence-electron chi connectivity index (χ1n) is 9.68. The third kappa shape index (κ3) is 5.09. The van der Waals surface area contributed by atoms with Crippen molar-refractivity contribution in [1.29, 1.82) is 0 Å². The predicted octanol–water partition coefficient (Wildman–Crippen LogP) is 2.42. The van der Waals surface area contributed by atoms with E-state index in [2.05, 4.69) is 46.3 Å². The molecule has 5 heteroatoms. The van der Waals surface area contributed by atoms with Crippen molar-refractivity contribution in [3.63, 3.8) is 0 Å². The predicted molar refractivity (Wildman–Crippen MR) is 103 cm³/mol. The SMILES string of the molecule is CC1CN(CC2CCCO2)CCC1Nc1ccc(N(C)CCO)cc1. The number of ether oxygens (including phenoxy) is 1. The summed E-state index contributed by atoms with van der Waals surface area (Å²) in [7, 11) is 2.00. The molecule has 1 aromatic rings. The summed E-state index contributed by atoms with van der Waals surface area (Å²) in [6, 6.07) is 9.06. The summed E-state index contributed by atoms with van der Waals surface area (Å²) in [5, 5.41) is 12.8. The second kappa shape index (κ2) is 8.88. The highest BCUT2D eigenvalue weighted by Crippen LogP contribution is 2.24. The Labute approximate surface area is 152 Å². The first kappa shape index (κ1) is 18.5. The Hall–Kier alpha value is -1.30. The quantitative estimate of drug-likeness (QED) is 0.793. The average Bonchev–Trinajstić information content (AvgIpc) is 3.11. The molecule has 0 radical (unpaired) electrons. The zero-order valence-corrected chi connectivity index (χ0v) is 15.7. The summed E-state index contributed by atoms with van der Waals surface area (Å²) in [6.07, 6.45) is 4.09. The Kier molecular flexibility index (Phi) is 6.57. The van der Waals surface area contributed by atoms with Crippen molar-refractivity contribution in [2.24, 2.45) is 5.92 Å². The van der Waals surface area contributed by atoms with Crippen molar-refractivity contribution in [1.82, 2.24) is 4.90 Å². The molecule has 3 rings (SSSR count). The van der Waals surface area contributed by atoms with Gasteiger partial charge in [0.25, 0.3) is 0 Å². The number of anilines is 2. The molecule has 2 saturated heterocycles. The van der Waals surface area contributed by atoms with Crippen LogP contribution in [0.25, 0.3) is 0 Å². The second-order valence-corrected chi connectivity index (χ2v) is 7.60. The number of benzene rings is 1. The number of hydrogen-bond acceptors (Lipinski definition) is 5. The highest BCUT2D eigenvalue weighted by atomic mass is 16.5. The summed E-state index contributed by atoms with van der Waals surface area (Å²) < 4.78 is 5.78. The first-order chi connectivity index (χ1) is 12.2. The minimum Gasteiger partial charge on any atom is -0.395 e. The van der Waals surface area contributed by atoms with E-state index >= 15 is 0 Å². The Bertz CT molecular complexity index is 516. The molecule has 140 valence electrons. The van der Waals surface area contributed by atoms with Crippen LogP contribution in [0.5, 0.6) is 0 Å². The van der Waals surface area contributed by atoms with Crippen LogP contribution in [0.2, 0.25) is 0 Å². The Morgan fingerprint density at radius 1 is 1.28 bits per heavy atom. The topological polar surface area (TPSA) is 48.0 Å². The third-order valence-electron chi connectivity index (χ3n) is 5.57. The average molecular weight is 348 g/mol. The number of likely N-dealkylation sites (N-methyl/N-ethyl adjacent to an activating group) is 1. The van der Waals surface area contributed by atoms with Gasteiger partial charge >= 0.3 is 0 Å². The molecule has 1 aromatic carbocycles. The Morgan fingerprint density at radius 2 is 2.08 bits per heavy atom. The van der Waals surface area contributed by atoms with E-state index in [1.165, 1.54) is 24.9 Å². The number of nitrogens with one attached hydrogen (secondary N) is 1. The molecular weight excluding hydrogens is 314 g/mol. The minimum atomic E-state index is 0.179. The van der Waals surface area contributed by atoms with Crippen LogP contribution < -0.4 is 10.2 Å². The van der Waals surface area contributed by atoms with Crippen LogP contribution >= 0.6 is 0 Å². The van der Waals surface area contributed by atoms with Gasteiger partial charge in [0, 0.05) is 57.3 Å². The van der Waals surface area contributed by atoms with Gasteiger partial charge in [0.15, 0.2) is 0 Å². The zero-order chi connectivity index (χ0) is 17.6. The van der Waals surface area contributed by atoms with Gasteiger partial charge in [-0.1, -0.05) is 6.92 Å². The molecule has 0 bridgehead atoms. The normalized spacial score (nSPS) is 27.4. The number of hydrogen-bond donors (Lipinski definition) is 2. The summed E-state index contributed by atoms with van der Waals surface area (Å²) in [6.45, 7) is 7.53. The molecule has 2 aliphatic heterocycles. The van der Waals surface area contributed by atoms with Gasteiger partial charge in [-0.2, -0.15) is 0 Å². The lowest BCUT2D eigenvalue weighted by Gasteiger charge is -2.38. The van der Waals surface area contributed by atoms with Crippen LogP contribution in [-0.4, -0.2) is 68.6 Å². The molecular formula is C20H33N3O2. The zero-order valence-electron chi connectivity index (χ0n) is 15.7. The van der Waals surface area contributed by atoms with Gasteiger partial charge in [-0.25, -0.2) is 0 Å². The van der Waals surface area contributed by atoms with Crippen molar-refractivity contribution in [3.8, 4) is 0 Å². The number of nitrogens with zero attached hydrogens (tertiary/aromatic N) is 2. The fourth-order valence-electron chi connectivity index (χ4n) is 3.99. The van der Waals surface area contributed by atoms with E-state index in [4.69, 9.17) is 9.84 Å². The smallest absolute Gasteiger partial charge is 0.0702 e. The van der Waals surface area contributed by atoms with Gasteiger partial charge in [0.2, 0.25) is 0 Å². The first-order valence-corrected chi connectivity index (χ1v) is 9.68. The van der Waals surface area contributed by atoms with E-state index in [0.717, 1.165) is 31.9 Å². The highest BCUT2D eigenvalue weighted by molar-refractivity contribution is 5.55. The summed E-state index contributed by atoms with van der Waals surface area (Å²) in [4.78, 5) is 4.64. The molecule has 3 atom stereocenters. The van der Waals surface area contributed by atoms with Crippen LogP contribution in [0.15, 0.2) is 24.3 Å². The van der Waals surface area contributed by atoms with Crippen LogP contribution in [0.1, 0.15) is 26.2 Å². The van der Waals surface area contributed by atoms with E-state index in [1.807, 2.05) is 7.05 Å². The van der Waals surface area contributed by atoms with Crippen molar-refractivity contribution >= 4 is 11.4 Å². The molecule has 2 N–H and O–H groups in total. The molecule has 0 aromatic heterocycles. The Morgan fingerprint density at radius 3 is 2.72 bits per heavy atom. The largest absolute Gasteiger partial charge is 0.395 e. The van der Waals surface area contributed by atoms with E-state index in [9.17, 15) is 0 Å². The van der Waals surface area contributed by atoms with Crippen molar-refractivity contribution in [2.75, 3.05) is 56.7 Å². The summed E-state index contributed by atoms with van der Waals surface area (Å²) >= 11 is 0. The van der Waals surface area contributed by atoms with Crippen molar-refractivity contribution in [3.05, 3.63) is 24.3 Å². The fourth-order valence-corrected chi connectivity index (χ4v) is 3.99. The van der Waals surface area contributed by atoms with E-state index in [0.29, 0.717) is 24.6 Å². The van der Waals surface area contributed by atoms with Gasteiger partial charge in [-0.05, 0) is 49.4 Å². The molecule has 2 heterocycles. The van der Waals surface area contributed by atoms with Gasteiger partial charge in [-0.3, -0.25) is 0 Å². The maximum Gasteiger partial charge on any atom is 0.0702 e. The summed E-state index contributed by atoms with van der Waals surface area (Å²) in [5.41, 5.74) is 2.32. The van der Waals surface area contributed by atoms with Crippen LogP contribution in [0, 0.1) is 5.92 Å². The van der Waals surface area contributed by atoms with Crippen LogP contribution in [0.3, 0.4) is 0 Å². The molecule has 3 unspecified atom stereocenters. The number of aliphatic hydroxyl groups is 1.